The molecular formula is C15H22N2O4. The Hall–Kier alpha value is -1.43. The van der Waals surface area contributed by atoms with Crippen molar-refractivity contribution in [3.63, 3.8) is 0 Å². The van der Waals surface area contributed by atoms with Crippen molar-refractivity contribution in [3.05, 3.63) is 0 Å². The molecule has 6 heteroatoms. The van der Waals surface area contributed by atoms with Crippen LogP contribution in [-0.2, 0) is 19.1 Å². The fourth-order valence-electron chi connectivity index (χ4n) is 4.14. The molecule has 3 rings (SSSR count). The second kappa shape index (κ2) is 5.40. The van der Waals surface area contributed by atoms with Crippen molar-refractivity contribution in [1.29, 1.82) is 0 Å². The van der Waals surface area contributed by atoms with Crippen LogP contribution in [0.15, 0.2) is 0 Å². The Morgan fingerprint density at radius 1 is 1.29 bits per heavy atom. The number of likely N-dealkylation sites (tertiary alicyclic amines) is 1. The normalized spacial score (nSPS) is 32.7. The maximum absolute atomic E-state index is 12.5. The number of ether oxygens (including phenoxy) is 1. The number of nitrogens with zero attached hydrogens (tertiary/aromatic N) is 1. The second-order valence-electron chi connectivity index (χ2n) is 6.38. The lowest BCUT2D eigenvalue weighted by molar-refractivity contribution is -0.150. The third-order valence-corrected chi connectivity index (χ3v) is 5.27. The van der Waals surface area contributed by atoms with Gasteiger partial charge in [0.25, 0.3) is 5.91 Å². The lowest BCUT2D eigenvalue weighted by Crippen LogP contribution is -2.63. The van der Waals surface area contributed by atoms with Gasteiger partial charge in [-0.15, -0.1) is 0 Å². The average Bonchev–Trinajstić information content (AvgIpc) is 3.13. The highest BCUT2D eigenvalue weighted by Gasteiger charge is 2.64. The van der Waals surface area contributed by atoms with Crippen molar-refractivity contribution in [1.82, 2.24) is 4.90 Å². The molecule has 116 valence electrons. The summed E-state index contributed by atoms with van der Waals surface area (Å²) >= 11 is 0. The molecule has 1 aliphatic carbocycles. The first-order chi connectivity index (χ1) is 10.1. The number of Topliss-reactive ketones (excluding diaryl/α,β-unsaturated/α-hetero) is 1. The minimum Gasteiger partial charge on any atom is -0.367 e. The van der Waals surface area contributed by atoms with E-state index in [0.29, 0.717) is 25.3 Å². The number of carbonyl (C=O) groups excluding carboxylic acids is 3. The van der Waals surface area contributed by atoms with Gasteiger partial charge in [-0.25, -0.2) is 0 Å². The van der Waals surface area contributed by atoms with Gasteiger partial charge in [-0.1, -0.05) is 25.7 Å². The Labute approximate surface area is 124 Å². The quantitative estimate of drug-likeness (QED) is 0.759. The van der Waals surface area contributed by atoms with Crippen LogP contribution in [-0.4, -0.2) is 47.3 Å². The summed E-state index contributed by atoms with van der Waals surface area (Å²) in [7, 11) is 0. The largest absolute Gasteiger partial charge is 0.367 e. The van der Waals surface area contributed by atoms with E-state index in [-0.39, 0.29) is 18.3 Å². The van der Waals surface area contributed by atoms with Gasteiger partial charge in [0.05, 0.1) is 6.10 Å². The van der Waals surface area contributed by atoms with Crippen LogP contribution >= 0.6 is 0 Å². The minimum absolute atomic E-state index is 0.125. The van der Waals surface area contributed by atoms with Gasteiger partial charge >= 0.3 is 0 Å². The first kappa shape index (κ1) is 14.5. The molecule has 2 unspecified atom stereocenters. The summed E-state index contributed by atoms with van der Waals surface area (Å²) in [6.07, 6.45) is 6.01. The predicted molar refractivity (Wildman–Crippen MR) is 74.2 cm³/mol. The topological polar surface area (TPSA) is 89.7 Å². The van der Waals surface area contributed by atoms with Crippen LogP contribution in [0.3, 0.4) is 0 Å². The molecule has 0 bridgehead atoms. The summed E-state index contributed by atoms with van der Waals surface area (Å²) in [5.41, 5.74) is 3.94. The van der Waals surface area contributed by atoms with E-state index >= 15 is 0 Å². The van der Waals surface area contributed by atoms with Crippen LogP contribution in [0.5, 0.6) is 0 Å². The molecule has 2 aliphatic heterocycles. The van der Waals surface area contributed by atoms with E-state index in [9.17, 15) is 14.4 Å². The number of hydrogen-bond donors (Lipinski definition) is 1. The lowest BCUT2D eigenvalue weighted by atomic mass is 9.89. The molecule has 0 spiro atoms. The molecular weight excluding hydrogens is 272 g/mol. The van der Waals surface area contributed by atoms with E-state index in [4.69, 9.17) is 10.5 Å². The third kappa shape index (κ3) is 2.16. The first-order valence-electron chi connectivity index (χ1n) is 7.82. The van der Waals surface area contributed by atoms with Gasteiger partial charge in [-0.3, -0.25) is 14.4 Å². The Morgan fingerprint density at radius 2 is 2.00 bits per heavy atom. The van der Waals surface area contributed by atoms with Gasteiger partial charge in [0.15, 0.2) is 5.78 Å². The van der Waals surface area contributed by atoms with E-state index < -0.39 is 17.6 Å². The summed E-state index contributed by atoms with van der Waals surface area (Å²) in [6.45, 7) is 0.253. The molecule has 2 heterocycles. The number of amides is 2. The first-order valence-corrected chi connectivity index (χ1v) is 7.82. The highest BCUT2D eigenvalue weighted by atomic mass is 16.5. The summed E-state index contributed by atoms with van der Waals surface area (Å²) < 4.78 is 5.37. The second-order valence-corrected chi connectivity index (χ2v) is 6.38. The maximum Gasteiger partial charge on any atom is 0.254 e. The van der Waals surface area contributed by atoms with E-state index in [1.165, 1.54) is 30.6 Å². The molecule has 0 aromatic rings. The molecule has 6 nitrogen and oxygen atoms in total. The highest BCUT2D eigenvalue weighted by Crippen LogP contribution is 2.38. The van der Waals surface area contributed by atoms with Crippen LogP contribution in [0, 0.1) is 5.92 Å². The fourth-order valence-corrected chi connectivity index (χ4v) is 4.14. The van der Waals surface area contributed by atoms with Crippen LogP contribution in [0.1, 0.15) is 44.9 Å². The molecule has 0 radical (unpaired) electrons. The Morgan fingerprint density at radius 3 is 2.67 bits per heavy atom. The van der Waals surface area contributed by atoms with E-state index in [1.807, 2.05) is 0 Å². The van der Waals surface area contributed by atoms with Crippen molar-refractivity contribution < 1.29 is 19.1 Å². The molecule has 2 N–H and O–H groups in total. The molecule has 2 amide bonds. The lowest BCUT2D eigenvalue weighted by Gasteiger charge is -2.33. The zero-order valence-corrected chi connectivity index (χ0v) is 12.2. The molecule has 0 aromatic carbocycles. The summed E-state index contributed by atoms with van der Waals surface area (Å²) in [6, 6.07) is 0. The number of carbonyl (C=O) groups is 3. The zero-order valence-electron chi connectivity index (χ0n) is 12.2. The van der Waals surface area contributed by atoms with Crippen molar-refractivity contribution in [2.45, 2.75) is 56.6 Å². The predicted octanol–water partition coefficient (Wildman–Crippen LogP) is 0.381. The summed E-state index contributed by atoms with van der Waals surface area (Å²) in [5, 5.41) is 0. The fraction of sp³-hybridized carbons (Fsp3) is 0.800. The van der Waals surface area contributed by atoms with E-state index in [2.05, 4.69) is 0 Å². The van der Waals surface area contributed by atoms with Gasteiger partial charge in [0.2, 0.25) is 11.4 Å². The van der Waals surface area contributed by atoms with Crippen LogP contribution in [0.4, 0.5) is 0 Å². The molecule has 3 aliphatic rings. The SMILES string of the molecule is NC(=O)C12C(=O)COC1CCN2C(=O)CCC1CCCC1. The number of ketones is 1. The summed E-state index contributed by atoms with van der Waals surface area (Å²) in [4.78, 5) is 38.0. The number of fused-ring (bicyclic) bond motifs is 1. The molecule has 0 aromatic heterocycles. The van der Waals surface area contributed by atoms with Gasteiger partial charge < -0.3 is 15.4 Å². The molecule has 2 saturated heterocycles. The van der Waals surface area contributed by atoms with Crippen molar-refractivity contribution >= 4 is 17.6 Å². The Balaban J connectivity index is 1.72. The molecule has 3 fully saturated rings. The van der Waals surface area contributed by atoms with Crippen molar-refractivity contribution in [2.75, 3.05) is 13.2 Å². The van der Waals surface area contributed by atoms with Crippen molar-refractivity contribution in [2.24, 2.45) is 11.7 Å². The van der Waals surface area contributed by atoms with Crippen LogP contribution in [0.25, 0.3) is 0 Å². The van der Waals surface area contributed by atoms with Crippen LogP contribution in [0.2, 0.25) is 0 Å². The smallest absolute Gasteiger partial charge is 0.254 e. The molecule has 21 heavy (non-hydrogen) atoms. The molecule has 2 atom stereocenters. The van der Waals surface area contributed by atoms with Gasteiger partial charge in [-0.2, -0.15) is 0 Å². The highest BCUT2D eigenvalue weighted by molar-refractivity contribution is 6.15. The monoisotopic (exact) mass is 294 g/mol. The van der Waals surface area contributed by atoms with Gasteiger partial charge in [0, 0.05) is 13.0 Å². The third-order valence-electron chi connectivity index (χ3n) is 5.27. The Bertz CT molecular complexity index is 472. The maximum atomic E-state index is 12.5. The standard InChI is InChI=1S/C15H22N2O4/c16-14(20)15-11(18)9-21-12(15)7-8-17(15)13(19)6-5-10-3-1-2-4-10/h10,12H,1-9H2,(H2,16,20). The Kier molecular flexibility index (Phi) is 3.73. The van der Waals surface area contributed by atoms with Crippen LogP contribution < -0.4 is 5.73 Å². The number of hydrogen-bond acceptors (Lipinski definition) is 4. The van der Waals surface area contributed by atoms with Gasteiger partial charge in [-0.05, 0) is 18.8 Å². The van der Waals surface area contributed by atoms with E-state index in [0.717, 1.165) is 6.42 Å². The number of rotatable bonds is 4. The van der Waals surface area contributed by atoms with E-state index in [1.54, 1.807) is 0 Å². The number of nitrogens with two attached hydrogens (primary N) is 1. The summed E-state index contributed by atoms with van der Waals surface area (Å²) in [5.74, 6) is -0.650. The zero-order chi connectivity index (χ0) is 15.0. The van der Waals surface area contributed by atoms with Gasteiger partial charge in [0.1, 0.15) is 6.61 Å². The number of primary amides is 1. The molecule has 1 saturated carbocycles. The minimum atomic E-state index is -1.53. The van der Waals surface area contributed by atoms with Crippen molar-refractivity contribution in [3.8, 4) is 0 Å². The average molecular weight is 294 g/mol.